The van der Waals surface area contributed by atoms with Crippen LogP contribution in [0.4, 0.5) is 0 Å². The van der Waals surface area contributed by atoms with Crippen LogP contribution in [0.25, 0.3) is 0 Å². The first kappa shape index (κ1) is 9.01. The van der Waals surface area contributed by atoms with Gasteiger partial charge in [-0.05, 0) is 18.9 Å². The Hall–Kier alpha value is -1.08. The first-order chi connectivity index (χ1) is 5.83. The molecule has 12 heavy (non-hydrogen) atoms. The lowest BCUT2D eigenvalue weighted by Crippen LogP contribution is -2.19. The van der Waals surface area contributed by atoms with Crippen LogP contribution in [-0.2, 0) is 6.42 Å². The van der Waals surface area contributed by atoms with Gasteiger partial charge in [-0.15, -0.1) is 0 Å². The van der Waals surface area contributed by atoms with Crippen molar-refractivity contribution in [2.75, 3.05) is 0 Å². The van der Waals surface area contributed by atoms with E-state index in [9.17, 15) is 0 Å². The minimum atomic E-state index is 0.150. The number of nitrogens with two attached hydrogens (primary N) is 1. The summed E-state index contributed by atoms with van der Waals surface area (Å²) in [6.07, 6.45) is 4.94. The molecule has 0 bridgehead atoms. The van der Waals surface area contributed by atoms with Crippen LogP contribution >= 0.6 is 0 Å². The van der Waals surface area contributed by atoms with Crippen molar-refractivity contribution in [2.45, 2.75) is 19.4 Å². The fourth-order valence-electron chi connectivity index (χ4n) is 1.20. The maximum atomic E-state index is 5.83. The van der Waals surface area contributed by atoms with Crippen LogP contribution in [0.2, 0.25) is 0 Å². The molecule has 0 aliphatic carbocycles. The van der Waals surface area contributed by atoms with Crippen LogP contribution in [0.5, 0.6) is 0 Å². The zero-order valence-electron chi connectivity index (χ0n) is 7.40. The van der Waals surface area contributed by atoms with E-state index in [1.165, 1.54) is 5.56 Å². The summed E-state index contributed by atoms with van der Waals surface area (Å²) in [5.41, 5.74) is 7.12. The molecular formula is C11H15N. The minimum absolute atomic E-state index is 0.150. The standard InChI is InChI=1S/C11H15N/c1-2-6-11(12)9-10-7-4-3-5-8-10/h2-8,11H,9,12H2,1H3/b6-2+. The normalized spacial score (nSPS) is 13.5. The molecule has 1 rings (SSSR count). The number of hydrogen-bond acceptors (Lipinski definition) is 1. The molecule has 64 valence electrons. The van der Waals surface area contributed by atoms with Crippen molar-refractivity contribution < 1.29 is 0 Å². The summed E-state index contributed by atoms with van der Waals surface area (Å²) in [4.78, 5) is 0. The Balaban J connectivity index is 2.52. The summed E-state index contributed by atoms with van der Waals surface area (Å²) in [6, 6.07) is 10.4. The molecule has 0 aliphatic rings. The number of allylic oxidation sites excluding steroid dienone is 1. The topological polar surface area (TPSA) is 26.0 Å². The summed E-state index contributed by atoms with van der Waals surface area (Å²) < 4.78 is 0. The molecule has 0 saturated carbocycles. The van der Waals surface area contributed by atoms with Crippen molar-refractivity contribution in [3.63, 3.8) is 0 Å². The van der Waals surface area contributed by atoms with Crippen LogP contribution in [0.1, 0.15) is 12.5 Å². The van der Waals surface area contributed by atoms with Crippen LogP contribution in [0.3, 0.4) is 0 Å². The summed E-state index contributed by atoms with van der Waals surface area (Å²) in [6.45, 7) is 1.99. The quantitative estimate of drug-likeness (QED) is 0.675. The molecule has 0 spiro atoms. The van der Waals surface area contributed by atoms with Gasteiger partial charge in [-0.1, -0.05) is 42.5 Å². The van der Waals surface area contributed by atoms with Crippen molar-refractivity contribution in [3.05, 3.63) is 48.0 Å². The first-order valence-electron chi connectivity index (χ1n) is 4.25. The van der Waals surface area contributed by atoms with Gasteiger partial charge in [0.1, 0.15) is 0 Å². The second-order valence-corrected chi connectivity index (χ2v) is 2.88. The highest BCUT2D eigenvalue weighted by Gasteiger charge is 1.97. The zero-order valence-corrected chi connectivity index (χ0v) is 7.40. The van der Waals surface area contributed by atoms with E-state index in [0.717, 1.165) is 6.42 Å². The Bertz CT molecular complexity index is 238. The average Bonchev–Trinajstić information content (AvgIpc) is 2.06. The van der Waals surface area contributed by atoms with Crippen molar-refractivity contribution >= 4 is 0 Å². The molecule has 0 amide bonds. The molecule has 0 fully saturated rings. The molecule has 0 heterocycles. The van der Waals surface area contributed by atoms with Gasteiger partial charge in [-0.2, -0.15) is 0 Å². The van der Waals surface area contributed by atoms with E-state index >= 15 is 0 Å². The third-order valence-electron chi connectivity index (χ3n) is 1.75. The van der Waals surface area contributed by atoms with Crippen LogP contribution < -0.4 is 5.73 Å². The molecule has 1 nitrogen and oxygen atoms in total. The maximum absolute atomic E-state index is 5.83. The Labute approximate surface area is 73.9 Å². The van der Waals surface area contributed by atoms with E-state index in [0.29, 0.717) is 0 Å². The molecule has 1 unspecified atom stereocenters. The van der Waals surface area contributed by atoms with Gasteiger partial charge < -0.3 is 5.73 Å². The van der Waals surface area contributed by atoms with Crippen molar-refractivity contribution in [1.29, 1.82) is 0 Å². The number of rotatable bonds is 3. The van der Waals surface area contributed by atoms with Crippen molar-refractivity contribution in [2.24, 2.45) is 5.73 Å². The third kappa shape index (κ3) is 2.89. The highest BCUT2D eigenvalue weighted by atomic mass is 14.6. The fourth-order valence-corrected chi connectivity index (χ4v) is 1.20. The molecule has 1 aromatic rings. The van der Waals surface area contributed by atoms with Gasteiger partial charge in [0, 0.05) is 6.04 Å². The fraction of sp³-hybridized carbons (Fsp3) is 0.273. The smallest absolute Gasteiger partial charge is 0.0264 e. The van der Waals surface area contributed by atoms with Gasteiger partial charge in [0.15, 0.2) is 0 Å². The Morgan fingerprint density at radius 3 is 2.58 bits per heavy atom. The van der Waals surface area contributed by atoms with E-state index in [-0.39, 0.29) is 6.04 Å². The zero-order chi connectivity index (χ0) is 8.81. The molecule has 1 atom stereocenters. The van der Waals surface area contributed by atoms with Crippen LogP contribution in [-0.4, -0.2) is 6.04 Å². The molecule has 0 radical (unpaired) electrons. The molecule has 0 saturated heterocycles. The average molecular weight is 161 g/mol. The van der Waals surface area contributed by atoms with Gasteiger partial charge >= 0.3 is 0 Å². The second-order valence-electron chi connectivity index (χ2n) is 2.88. The lowest BCUT2D eigenvalue weighted by atomic mass is 10.1. The number of hydrogen-bond donors (Lipinski definition) is 1. The SMILES string of the molecule is C/C=C/C(N)Cc1ccccc1. The minimum Gasteiger partial charge on any atom is -0.324 e. The first-order valence-corrected chi connectivity index (χ1v) is 4.25. The summed E-state index contributed by atoms with van der Waals surface area (Å²) in [7, 11) is 0. The van der Waals surface area contributed by atoms with Gasteiger partial charge in [-0.3, -0.25) is 0 Å². The Kier molecular flexibility index (Phi) is 3.55. The van der Waals surface area contributed by atoms with Crippen LogP contribution in [0, 0.1) is 0 Å². The van der Waals surface area contributed by atoms with E-state index in [1.54, 1.807) is 0 Å². The van der Waals surface area contributed by atoms with Gasteiger partial charge in [0.2, 0.25) is 0 Å². The molecule has 0 aromatic heterocycles. The van der Waals surface area contributed by atoms with E-state index in [2.05, 4.69) is 12.1 Å². The molecule has 0 aliphatic heterocycles. The van der Waals surface area contributed by atoms with E-state index < -0.39 is 0 Å². The van der Waals surface area contributed by atoms with Crippen LogP contribution in [0.15, 0.2) is 42.5 Å². The third-order valence-corrected chi connectivity index (χ3v) is 1.75. The molecular weight excluding hydrogens is 146 g/mol. The predicted molar refractivity (Wildman–Crippen MR) is 52.9 cm³/mol. The number of benzene rings is 1. The molecule has 2 N–H and O–H groups in total. The van der Waals surface area contributed by atoms with Gasteiger partial charge in [0.25, 0.3) is 0 Å². The predicted octanol–water partition coefficient (Wildman–Crippen LogP) is 2.13. The highest BCUT2D eigenvalue weighted by molar-refractivity contribution is 5.17. The van der Waals surface area contributed by atoms with Crippen molar-refractivity contribution in [3.8, 4) is 0 Å². The van der Waals surface area contributed by atoms with Crippen molar-refractivity contribution in [1.82, 2.24) is 0 Å². The van der Waals surface area contributed by atoms with Gasteiger partial charge in [-0.25, -0.2) is 0 Å². The molecule has 1 aromatic carbocycles. The highest BCUT2D eigenvalue weighted by Crippen LogP contribution is 2.01. The van der Waals surface area contributed by atoms with E-state index in [4.69, 9.17) is 5.73 Å². The summed E-state index contributed by atoms with van der Waals surface area (Å²) in [5, 5.41) is 0. The molecule has 1 heteroatoms. The Morgan fingerprint density at radius 2 is 2.00 bits per heavy atom. The Morgan fingerprint density at radius 1 is 1.33 bits per heavy atom. The monoisotopic (exact) mass is 161 g/mol. The summed E-state index contributed by atoms with van der Waals surface area (Å²) >= 11 is 0. The van der Waals surface area contributed by atoms with Gasteiger partial charge in [0.05, 0.1) is 0 Å². The summed E-state index contributed by atoms with van der Waals surface area (Å²) in [5.74, 6) is 0. The lowest BCUT2D eigenvalue weighted by Gasteiger charge is -2.05. The lowest BCUT2D eigenvalue weighted by molar-refractivity contribution is 0.809. The second kappa shape index (κ2) is 4.73. The largest absolute Gasteiger partial charge is 0.324 e. The maximum Gasteiger partial charge on any atom is 0.0264 e. The van der Waals surface area contributed by atoms with E-state index in [1.807, 2.05) is 37.3 Å².